The maximum Gasteiger partial charge on any atom is 0.290 e. The average molecular weight is 293 g/mol. The standard InChI is InChI=1S/C16H15N5O/c1-11-6-7-14-19-12(2)15(21(14)10-11)16(22)20-18-9-13-5-3-4-8-17-13/h3-10H,1-2H3,(H,20,22). The van der Waals surface area contributed by atoms with Crippen molar-refractivity contribution >= 4 is 17.8 Å². The van der Waals surface area contributed by atoms with Gasteiger partial charge in [0.2, 0.25) is 0 Å². The lowest BCUT2D eigenvalue weighted by Gasteiger charge is -2.02. The number of pyridine rings is 2. The Morgan fingerprint density at radius 3 is 2.91 bits per heavy atom. The number of nitrogens with zero attached hydrogens (tertiary/aromatic N) is 4. The van der Waals surface area contributed by atoms with Crippen molar-refractivity contribution in [1.82, 2.24) is 19.8 Å². The molecule has 0 aromatic carbocycles. The van der Waals surface area contributed by atoms with Crippen molar-refractivity contribution in [3.63, 3.8) is 0 Å². The van der Waals surface area contributed by atoms with Gasteiger partial charge >= 0.3 is 0 Å². The highest BCUT2D eigenvalue weighted by Crippen LogP contribution is 2.13. The van der Waals surface area contributed by atoms with Gasteiger partial charge in [-0.05, 0) is 37.6 Å². The first kappa shape index (κ1) is 13.9. The first-order chi connectivity index (χ1) is 10.6. The van der Waals surface area contributed by atoms with Crippen molar-refractivity contribution < 1.29 is 4.79 Å². The van der Waals surface area contributed by atoms with E-state index in [1.165, 1.54) is 6.21 Å². The molecule has 3 rings (SSSR count). The van der Waals surface area contributed by atoms with Crippen molar-refractivity contribution in [1.29, 1.82) is 0 Å². The van der Waals surface area contributed by atoms with Gasteiger partial charge in [0.15, 0.2) is 0 Å². The lowest BCUT2D eigenvalue weighted by molar-refractivity contribution is 0.0948. The summed E-state index contributed by atoms with van der Waals surface area (Å²) in [6.07, 6.45) is 5.05. The van der Waals surface area contributed by atoms with Gasteiger partial charge in [-0.15, -0.1) is 0 Å². The third kappa shape index (κ3) is 2.71. The van der Waals surface area contributed by atoms with Crippen LogP contribution in [0.15, 0.2) is 47.8 Å². The summed E-state index contributed by atoms with van der Waals surface area (Å²) in [5, 5.41) is 3.94. The molecule has 3 heterocycles. The zero-order chi connectivity index (χ0) is 15.5. The summed E-state index contributed by atoms with van der Waals surface area (Å²) >= 11 is 0. The Balaban J connectivity index is 1.85. The summed E-state index contributed by atoms with van der Waals surface area (Å²) in [4.78, 5) is 20.8. The smallest absolute Gasteiger partial charge is 0.290 e. The topological polar surface area (TPSA) is 71.7 Å². The van der Waals surface area contributed by atoms with Crippen LogP contribution in [0.1, 0.15) is 27.4 Å². The molecule has 0 fully saturated rings. The highest BCUT2D eigenvalue weighted by atomic mass is 16.2. The van der Waals surface area contributed by atoms with E-state index in [4.69, 9.17) is 0 Å². The molecule has 0 radical (unpaired) electrons. The number of rotatable bonds is 3. The summed E-state index contributed by atoms with van der Waals surface area (Å²) in [6, 6.07) is 9.32. The van der Waals surface area contributed by atoms with Crippen molar-refractivity contribution in [2.75, 3.05) is 0 Å². The summed E-state index contributed by atoms with van der Waals surface area (Å²) in [7, 11) is 0. The fourth-order valence-electron chi connectivity index (χ4n) is 2.20. The van der Waals surface area contributed by atoms with Crippen molar-refractivity contribution in [3.8, 4) is 0 Å². The van der Waals surface area contributed by atoms with E-state index >= 15 is 0 Å². The van der Waals surface area contributed by atoms with Crippen LogP contribution < -0.4 is 5.43 Å². The zero-order valence-corrected chi connectivity index (χ0v) is 12.3. The van der Waals surface area contributed by atoms with Gasteiger partial charge < -0.3 is 0 Å². The molecule has 22 heavy (non-hydrogen) atoms. The quantitative estimate of drug-likeness (QED) is 0.594. The van der Waals surface area contributed by atoms with E-state index in [1.54, 1.807) is 23.6 Å². The Morgan fingerprint density at radius 2 is 2.14 bits per heavy atom. The molecule has 0 aliphatic carbocycles. The largest absolute Gasteiger partial charge is 0.295 e. The number of carbonyl (C=O) groups excluding carboxylic acids is 1. The minimum Gasteiger partial charge on any atom is -0.295 e. The maximum absolute atomic E-state index is 12.3. The molecule has 3 aromatic rings. The molecule has 1 N–H and O–H groups in total. The number of imidazole rings is 1. The molecule has 1 amide bonds. The molecule has 0 bridgehead atoms. The van der Waals surface area contributed by atoms with Gasteiger partial charge in [-0.3, -0.25) is 14.2 Å². The predicted octanol–water partition coefficient (Wildman–Crippen LogP) is 2.11. The lowest BCUT2D eigenvalue weighted by Crippen LogP contribution is -2.20. The Labute approximate surface area is 127 Å². The summed E-state index contributed by atoms with van der Waals surface area (Å²) < 4.78 is 1.77. The van der Waals surface area contributed by atoms with Crippen LogP contribution in [-0.4, -0.2) is 26.5 Å². The molecule has 3 aromatic heterocycles. The van der Waals surface area contributed by atoms with Crippen LogP contribution in [0.4, 0.5) is 0 Å². The van der Waals surface area contributed by atoms with Crippen molar-refractivity contribution in [2.45, 2.75) is 13.8 Å². The molecular weight excluding hydrogens is 278 g/mol. The normalized spacial score (nSPS) is 11.2. The van der Waals surface area contributed by atoms with Crippen LogP contribution >= 0.6 is 0 Å². The molecule has 0 unspecified atom stereocenters. The molecule has 0 aliphatic heterocycles. The first-order valence-corrected chi connectivity index (χ1v) is 6.85. The molecule has 6 heteroatoms. The molecule has 0 aliphatic rings. The summed E-state index contributed by atoms with van der Waals surface area (Å²) in [5.41, 5.74) is 6.13. The van der Waals surface area contributed by atoms with E-state index in [0.29, 0.717) is 17.1 Å². The monoisotopic (exact) mass is 293 g/mol. The molecule has 0 saturated carbocycles. The number of aromatic nitrogens is 3. The van der Waals surface area contributed by atoms with E-state index in [-0.39, 0.29) is 5.91 Å². The van der Waals surface area contributed by atoms with Gasteiger partial charge in [-0.1, -0.05) is 12.1 Å². The number of carbonyl (C=O) groups is 1. The minimum atomic E-state index is -0.303. The van der Waals surface area contributed by atoms with Crippen molar-refractivity contribution in [2.24, 2.45) is 5.10 Å². The van der Waals surface area contributed by atoms with Crippen LogP contribution in [0.2, 0.25) is 0 Å². The number of hydrazone groups is 1. The molecule has 0 saturated heterocycles. The number of aryl methyl sites for hydroxylation is 2. The van der Waals surface area contributed by atoms with Crippen LogP contribution in [-0.2, 0) is 0 Å². The summed E-state index contributed by atoms with van der Waals surface area (Å²) in [5.74, 6) is -0.303. The summed E-state index contributed by atoms with van der Waals surface area (Å²) in [6.45, 7) is 3.77. The number of fused-ring (bicyclic) bond motifs is 1. The van der Waals surface area contributed by atoms with Gasteiger partial charge in [-0.25, -0.2) is 10.4 Å². The highest BCUT2D eigenvalue weighted by Gasteiger charge is 2.15. The predicted molar refractivity (Wildman–Crippen MR) is 84.0 cm³/mol. The van der Waals surface area contributed by atoms with Gasteiger partial charge in [-0.2, -0.15) is 5.10 Å². The second kappa shape index (κ2) is 5.77. The van der Waals surface area contributed by atoms with Crippen LogP contribution in [0, 0.1) is 13.8 Å². The Hall–Kier alpha value is -3.02. The van der Waals surface area contributed by atoms with E-state index in [0.717, 1.165) is 11.2 Å². The molecule has 0 atom stereocenters. The first-order valence-electron chi connectivity index (χ1n) is 6.85. The number of amides is 1. The Morgan fingerprint density at radius 1 is 1.27 bits per heavy atom. The number of nitrogens with one attached hydrogen (secondary N) is 1. The fraction of sp³-hybridized carbons (Fsp3) is 0.125. The molecular formula is C16H15N5O. The van der Waals surface area contributed by atoms with Crippen LogP contribution in [0.25, 0.3) is 5.65 Å². The minimum absolute atomic E-state index is 0.303. The van der Waals surface area contributed by atoms with Gasteiger partial charge in [0.1, 0.15) is 11.3 Å². The lowest BCUT2D eigenvalue weighted by atomic mass is 10.3. The average Bonchev–Trinajstić information content (AvgIpc) is 2.83. The second-order valence-electron chi connectivity index (χ2n) is 4.93. The van der Waals surface area contributed by atoms with Gasteiger partial charge in [0, 0.05) is 12.4 Å². The molecule has 6 nitrogen and oxygen atoms in total. The van der Waals surface area contributed by atoms with Crippen LogP contribution in [0.5, 0.6) is 0 Å². The van der Waals surface area contributed by atoms with Gasteiger partial charge in [0.05, 0.1) is 17.6 Å². The zero-order valence-electron chi connectivity index (χ0n) is 12.3. The fourth-order valence-corrected chi connectivity index (χ4v) is 2.20. The van der Waals surface area contributed by atoms with E-state index in [1.807, 2.05) is 37.4 Å². The third-order valence-corrected chi connectivity index (χ3v) is 3.21. The third-order valence-electron chi connectivity index (χ3n) is 3.21. The second-order valence-corrected chi connectivity index (χ2v) is 4.93. The Kier molecular flexibility index (Phi) is 3.65. The van der Waals surface area contributed by atoms with E-state index in [9.17, 15) is 4.79 Å². The molecule has 0 spiro atoms. The van der Waals surface area contributed by atoms with E-state index < -0.39 is 0 Å². The highest BCUT2D eigenvalue weighted by molar-refractivity contribution is 5.95. The number of hydrogen-bond acceptors (Lipinski definition) is 4. The maximum atomic E-state index is 12.3. The van der Waals surface area contributed by atoms with Gasteiger partial charge in [0.25, 0.3) is 5.91 Å². The van der Waals surface area contributed by atoms with Crippen LogP contribution in [0.3, 0.4) is 0 Å². The SMILES string of the molecule is Cc1ccc2nc(C)c(C(=O)NN=Cc3ccccn3)n2c1. The molecule has 110 valence electrons. The Bertz CT molecular complexity index is 852. The number of hydrogen-bond donors (Lipinski definition) is 1. The van der Waals surface area contributed by atoms with E-state index in [2.05, 4.69) is 20.5 Å². The van der Waals surface area contributed by atoms with Crippen molar-refractivity contribution in [3.05, 3.63) is 65.4 Å².